The van der Waals surface area contributed by atoms with Crippen LogP contribution in [0.3, 0.4) is 0 Å². The van der Waals surface area contributed by atoms with Crippen molar-refractivity contribution in [3.63, 3.8) is 0 Å². The Hall–Kier alpha value is -2.33. The number of carboxylic acids is 1. The molecule has 1 heterocycles. The first kappa shape index (κ1) is 13.6. The topological polar surface area (TPSA) is 42.2 Å². The van der Waals surface area contributed by atoms with Crippen LogP contribution in [0.25, 0.3) is 10.9 Å². The maximum Gasteiger partial charge on any atom is 0.335 e. The number of hydrogen-bond donors (Lipinski definition) is 1. The van der Waals surface area contributed by atoms with Gasteiger partial charge in [0.2, 0.25) is 0 Å². The number of fused-ring (bicyclic) bond motifs is 1. The van der Waals surface area contributed by atoms with Crippen molar-refractivity contribution in [2.24, 2.45) is 0 Å². The molecule has 0 aliphatic rings. The number of hydrogen-bond acceptors (Lipinski definition) is 1. The van der Waals surface area contributed by atoms with Crippen LogP contribution in [0.5, 0.6) is 0 Å². The monoisotopic (exact) mass is 303 g/mol. The molecule has 0 radical (unpaired) electrons. The van der Waals surface area contributed by atoms with Gasteiger partial charge in [0, 0.05) is 27.7 Å². The fourth-order valence-corrected chi connectivity index (χ4v) is 2.57. The van der Waals surface area contributed by atoms with Crippen molar-refractivity contribution < 1.29 is 14.3 Å². The van der Waals surface area contributed by atoms with Gasteiger partial charge in [-0.3, -0.25) is 0 Å². The number of halogens is 2. The van der Waals surface area contributed by atoms with Crippen molar-refractivity contribution in [1.82, 2.24) is 4.57 Å². The van der Waals surface area contributed by atoms with Gasteiger partial charge in [-0.15, -0.1) is 0 Å². The molecule has 0 aliphatic carbocycles. The quantitative estimate of drug-likeness (QED) is 0.788. The molecule has 0 unspecified atom stereocenters. The highest BCUT2D eigenvalue weighted by Gasteiger charge is 2.10. The molecule has 0 atom stereocenters. The fourth-order valence-electron chi connectivity index (χ4n) is 2.34. The highest BCUT2D eigenvalue weighted by atomic mass is 35.5. The van der Waals surface area contributed by atoms with Crippen molar-refractivity contribution in [3.8, 4) is 0 Å². The smallest absolute Gasteiger partial charge is 0.335 e. The van der Waals surface area contributed by atoms with E-state index < -0.39 is 11.8 Å². The van der Waals surface area contributed by atoms with Crippen LogP contribution >= 0.6 is 11.6 Å². The molecule has 1 N–H and O–H groups in total. The van der Waals surface area contributed by atoms with E-state index in [1.807, 2.05) is 29.0 Å². The molecule has 3 aromatic rings. The van der Waals surface area contributed by atoms with Crippen LogP contribution in [0.4, 0.5) is 4.39 Å². The van der Waals surface area contributed by atoms with Crippen molar-refractivity contribution in [2.75, 3.05) is 0 Å². The second-order valence-corrected chi connectivity index (χ2v) is 5.13. The minimum Gasteiger partial charge on any atom is -0.478 e. The average molecular weight is 304 g/mol. The molecule has 0 spiro atoms. The van der Waals surface area contributed by atoms with E-state index in [0.29, 0.717) is 10.6 Å². The summed E-state index contributed by atoms with van der Waals surface area (Å²) in [5.41, 5.74) is 1.27. The average Bonchev–Trinajstić information content (AvgIpc) is 2.86. The lowest BCUT2D eigenvalue weighted by atomic mass is 10.1. The van der Waals surface area contributed by atoms with E-state index in [1.54, 1.807) is 6.07 Å². The minimum atomic E-state index is -1.07. The van der Waals surface area contributed by atoms with Crippen LogP contribution in [0.1, 0.15) is 15.9 Å². The summed E-state index contributed by atoms with van der Waals surface area (Å²) in [6.07, 6.45) is 1.81. The van der Waals surface area contributed by atoms with E-state index >= 15 is 0 Å². The van der Waals surface area contributed by atoms with Gasteiger partial charge in [0.05, 0.1) is 12.1 Å². The molecule has 2 aromatic carbocycles. The van der Waals surface area contributed by atoms with Crippen molar-refractivity contribution in [3.05, 3.63) is 70.6 Å². The number of carbonyl (C=O) groups is 1. The molecule has 0 bridgehead atoms. The van der Waals surface area contributed by atoms with Gasteiger partial charge in [0.15, 0.2) is 0 Å². The molecule has 5 heteroatoms. The second kappa shape index (κ2) is 5.22. The summed E-state index contributed by atoms with van der Waals surface area (Å²) < 4.78 is 15.7. The van der Waals surface area contributed by atoms with Crippen LogP contribution < -0.4 is 0 Å². The first-order valence-corrected chi connectivity index (χ1v) is 6.69. The number of aromatic carboxylic acids is 1. The van der Waals surface area contributed by atoms with Gasteiger partial charge >= 0.3 is 5.97 Å². The van der Waals surface area contributed by atoms with Crippen LogP contribution in [-0.4, -0.2) is 15.6 Å². The molecule has 3 nitrogen and oxygen atoms in total. The summed E-state index contributed by atoms with van der Waals surface area (Å²) >= 11 is 6.11. The van der Waals surface area contributed by atoms with E-state index in [2.05, 4.69) is 0 Å². The Morgan fingerprint density at radius 2 is 2.05 bits per heavy atom. The van der Waals surface area contributed by atoms with Gasteiger partial charge in [-0.1, -0.05) is 17.7 Å². The van der Waals surface area contributed by atoms with Crippen molar-refractivity contribution in [2.45, 2.75) is 6.54 Å². The Kier molecular flexibility index (Phi) is 3.39. The lowest BCUT2D eigenvalue weighted by Crippen LogP contribution is -2.04. The lowest BCUT2D eigenvalue weighted by molar-refractivity contribution is 0.0696. The Bertz CT molecular complexity index is 841. The van der Waals surface area contributed by atoms with Crippen LogP contribution in [-0.2, 0) is 6.54 Å². The molecule has 1 aromatic heterocycles. The summed E-state index contributed by atoms with van der Waals surface area (Å²) in [4.78, 5) is 11.0. The number of carboxylic acid groups (broad SMARTS) is 1. The fraction of sp³-hybridized carbons (Fsp3) is 0.0625. The molecule has 21 heavy (non-hydrogen) atoms. The zero-order valence-corrected chi connectivity index (χ0v) is 11.6. The summed E-state index contributed by atoms with van der Waals surface area (Å²) in [6.45, 7) is 0.247. The van der Waals surface area contributed by atoms with Gasteiger partial charge in [-0.05, 0) is 36.4 Å². The first-order chi connectivity index (χ1) is 10.1. The van der Waals surface area contributed by atoms with Gasteiger partial charge in [-0.2, -0.15) is 0 Å². The number of benzene rings is 2. The molecular formula is C16H11ClFNO2. The molecule has 106 valence electrons. The zero-order chi connectivity index (χ0) is 15.0. The van der Waals surface area contributed by atoms with Gasteiger partial charge in [0.1, 0.15) is 5.82 Å². The summed E-state index contributed by atoms with van der Waals surface area (Å²) in [5, 5.41) is 10.5. The Morgan fingerprint density at radius 3 is 2.81 bits per heavy atom. The minimum absolute atomic E-state index is 0.0703. The maximum absolute atomic E-state index is 13.9. The molecule has 0 fully saturated rings. The van der Waals surface area contributed by atoms with Crippen LogP contribution in [0.15, 0.2) is 48.7 Å². The Labute approximate surface area is 125 Å². The highest BCUT2D eigenvalue weighted by Crippen LogP contribution is 2.25. The van der Waals surface area contributed by atoms with E-state index in [0.717, 1.165) is 10.9 Å². The maximum atomic E-state index is 13.9. The summed E-state index contributed by atoms with van der Waals surface area (Å²) in [5.74, 6) is -1.50. The Balaban J connectivity index is 2.04. The molecular weight excluding hydrogens is 293 g/mol. The molecule has 0 amide bonds. The standard InChI is InChI=1S/C16H11ClFNO2/c17-13-2-1-3-15-12(13)6-7-19(15)9-11-8-10(16(20)21)4-5-14(11)18/h1-8H,9H2,(H,20,21). The largest absolute Gasteiger partial charge is 0.478 e. The first-order valence-electron chi connectivity index (χ1n) is 6.31. The third-order valence-electron chi connectivity index (χ3n) is 3.39. The van der Waals surface area contributed by atoms with E-state index in [9.17, 15) is 9.18 Å². The molecule has 0 aliphatic heterocycles. The lowest BCUT2D eigenvalue weighted by Gasteiger charge is -2.08. The van der Waals surface area contributed by atoms with E-state index in [-0.39, 0.29) is 12.1 Å². The zero-order valence-electron chi connectivity index (χ0n) is 10.9. The van der Waals surface area contributed by atoms with Crippen molar-refractivity contribution in [1.29, 1.82) is 0 Å². The van der Waals surface area contributed by atoms with Gasteiger partial charge in [-0.25, -0.2) is 9.18 Å². The van der Waals surface area contributed by atoms with E-state index in [1.165, 1.54) is 18.2 Å². The predicted molar refractivity (Wildman–Crippen MR) is 79.4 cm³/mol. The molecule has 0 saturated carbocycles. The number of rotatable bonds is 3. The van der Waals surface area contributed by atoms with Gasteiger partial charge < -0.3 is 9.67 Å². The van der Waals surface area contributed by atoms with Crippen LogP contribution in [0, 0.1) is 5.82 Å². The van der Waals surface area contributed by atoms with Gasteiger partial charge in [0.25, 0.3) is 0 Å². The van der Waals surface area contributed by atoms with Crippen LogP contribution in [0.2, 0.25) is 5.02 Å². The SMILES string of the molecule is O=C(O)c1ccc(F)c(Cn2ccc3c(Cl)cccc32)c1. The third kappa shape index (κ3) is 2.50. The Morgan fingerprint density at radius 1 is 1.24 bits per heavy atom. The molecule has 0 saturated heterocycles. The highest BCUT2D eigenvalue weighted by molar-refractivity contribution is 6.35. The molecule has 3 rings (SSSR count). The third-order valence-corrected chi connectivity index (χ3v) is 3.72. The van der Waals surface area contributed by atoms with Crippen molar-refractivity contribution >= 4 is 28.5 Å². The normalized spacial score (nSPS) is 11.0. The van der Waals surface area contributed by atoms with E-state index in [4.69, 9.17) is 16.7 Å². The predicted octanol–water partition coefficient (Wildman–Crippen LogP) is 4.18. The summed E-state index contributed by atoms with van der Waals surface area (Å²) in [7, 11) is 0. The number of aromatic nitrogens is 1. The second-order valence-electron chi connectivity index (χ2n) is 4.73. The number of nitrogens with zero attached hydrogens (tertiary/aromatic N) is 1. The summed E-state index contributed by atoms with van der Waals surface area (Å²) in [6, 6.07) is 11.2.